The molecule has 1 aromatic rings. The van der Waals surface area contributed by atoms with Crippen molar-refractivity contribution in [2.45, 2.75) is 6.54 Å². The van der Waals surface area contributed by atoms with Crippen molar-refractivity contribution in [3.05, 3.63) is 34.4 Å². The van der Waals surface area contributed by atoms with Crippen LogP contribution < -0.4 is 5.73 Å². The Kier molecular flexibility index (Phi) is 4.87. The van der Waals surface area contributed by atoms with Crippen LogP contribution in [0, 0.1) is 11.6 Å². The van der Waals surface area contributed by atoms with Crippen molar-refractivity contribution in [2.24, 2.45) is 10.7 Å². The van der Waals surface area contributed by atoms with Gasteiger partial charge in [0.1, 0.15) is 11.6 Å². The van der Waals surface area contributed by atoms with Crippen molar-refractivity contribution in [2.75, 3.05) is 24.6 Å². The molecule has 1 heterocycles. The average Bonchev–Trinajstić information content (AvgIpc) is 2.42. The maximum Gasteiger partial charge on any atom is 0.191 e. The molecule has 19 heavy (non-hydrogen) atoms. The molecule has 0 aromatic heterocycles. The van der Waals surface area contributed by atoms with E-state index in [1.54, 1.807) is 0 Å². The van der Waals surface area contributed by atoms with Crippen LogP contribution >= 0.6 is 23.4 Å². The number of aliphatic imine (C=N–C) groups is 1. The van der Waals surface area contributed by atoms with Crippen LogP contribution in [0.5, 0.6) is 0 Å². The molecule has 0 saturated carbocycles. The van der Waals surface area contributed by atoms with E-state index in [2.05, 4.69) is 4.99 Å². The predicted molar refractivity (Wildman–Crippen MR) is 75.6 cm³/mol. The number of benzene rings is 1. The van der Waals surface area contributed by atoms with Crippen LogP contribution in [0.25, 0.3) is 0 Å². The number of hydrogen-bond acceptors (Lipinski definition) is 2. The zero-order valence-electron chi connectivity index (χ0n) is 10.2. The summed E-state index contributed by atoms with van der Waals surface area (Å²) < 4.78 is 26.8. The minimum Gasteiger partial charge on any atom is -0.370 e. The molecule has 104 valence electrons. The fourth-order valence-electron chi connectivity index (χ4n) is 1.74. The summed E-state index contributed by atoms with van der Waals surface area (Å²) in [5.74, 6) is 1.15. The van der Waals surface area contributed by atoms with Crippen molar-refractivity contribution in [3.63, 3.8) is 0 Å². The highest BCUT2D eigenvalue weighted by atomic mass is 35.5. The Morgan fingerprint density at radius 2 is 2.00 bits per heavy atom. The van der Waals surface area contributed by atoms with Gasteiger partial charge in [-0.2, -0.15) is 11.8 Å². The third-order valence-electron chi connectivity index (χ3n) is 2.84. The Balaban J connectivity index is 2.06. The number of thioether (sulfide) groups is 1. The van der Waals surface area contributed by atoms with Gasteiger partial charge in [0.15, 0.2) is 5.96 Å². The predicted octanol–water partition coefficient (Wildman–Crippen LogP) is 2.48. The fourth-order valence-corrected chi connectivity index (χ4v) is 2.80. The summed E-state index contributed by atoms with van der Waals surface area (Å²) in [4.78, 5) is 6.06. The molecule has 0 atom stereocenters. The van der Waals surface area contributed by atoms with E-state index in [-0.39, 0.29) is 17.1 Å². The van der Waals surface area contributed by atoms with Gasteiger partial charge in [0.05, 0.1) is 11.6 Å². The van der Waals surface area contributed by atoms with E-state index in [4.69, 9.17) is 17.3 Å². The van der Waals surface area contributed by atoms with Crippen molar-refractivity contribution in [3.8, 4) is 0 Å². The molecule has 7 heteroatoms. The molecule has 0 spiro atoms. The number of rotatable bonds is 2. The lowest BCUT2D eigenvalue weighted by molar-refractivity contribution is 0.455. The zero-order valence-corrected chi connectivity index (χ0v) is 11.8. The summed E-state index contributed by atoms with van der Waals surface area (Å²) in [6.45, 7) is 1.67. The molecule has 2 rings (SSSR count). The van der Waals surface area contributed by atoms with E-state index in [1.165, 1.54) is 0 Å². The highest BCUT2D eigenvalue weighted by molar-refractivity contribution is 7.99. The molecule has 0 bridgehead atoms. The third-order valence-corrected chi connectivity index (χ3v) is 4.07. The first-order valence-corrected chi connectivity index (χ1v) is 7.37. The van der Waals surface area contributed by atoms with Crippen molar-refractivity contribution in [1.82, 2.24) is 4.90 Å². The van der Waals surface area contributed by atoms with Crippen LogP contribution in [0.3, 0.4) is 0 Å². The third kappa shape index (κ3) is 3.73. The SMILES string of the molecule is NC(=NCc1cc(F)c(Cl)cc1F)N1CCSCC1. The summed E-state index contributed by atoms with van der Waals surface area (Å²) in [6, 6.07) is 2.01. The monoisotopic (exact) mass is 305 g/mol. The highest BCUT2D eigenvalue weighted by Crippen LogP contribution is 2.20. The molecule has 1 aliphatic rings. The molecule has 1 saturated heterocycles. The lowest BCUT2D eigenvalue weighted by Crippen LogP contribution is -2.42. The number of hydrogen-bond donors (Lipinski definition) is 1. The van der Waals surface area contributed by atoms with Crippen LogP contribution in [0.4, 0.5) is 8.78 Å². The molecular weight excluding hydrogens is 292 g/mol. The van der Waals surface area contributed by atoms with E-state index in [0.717, 1.165) is 36.7 Å². The topological polar surface area (TPSA) is 41.6 Å². The van der Waals surface area contributed by atoms with E-state index < -0.39 is 11.6 Å². The Morgan fingerprint density at radius 1 is 1.32 bits per heavy atom. The van der Waals surface area contributed by atoms with Gasteiger partial charge in [-0.25, -0.2) is 13.8 Å². The second-order valence-electron chi connectivity index (χ2n) is 4.13. The average molecular weight is 306 g/mol. The van der Waals surface area contributed by atoms with Crippen molar-refractivity contribution < 1.29 is 8.78 Å². The Bertz CT molecular complexity index is 490. The van der Waals surface area contributed by atoms with Gasteiger partial charge in [0.2, 0.25) is 0 Å². The maximum absolute atomic E-state index is 13.5. The standard InChI is InChI=1S/C12H14ClF2N3S/c13-9-6-10(14)8(5-11(9)15)7-17-12(16)18-1-3-19-4-2-18/h5-6H,1-4,7H2,(H2,16,17). The zero-order chi connectivity index (χ0) is 13.8. The second kappa shape index (κ2) is 6.43. The normalized spacial score (nSPS) is 16.8. The van der Waals surface area contributed by atoms with Crippen molar-refractivity contribution in [1.29, 1.82) is 0 Å². The van der Waals surface area contributed by atoms with Gasteiger partial charge in [0, 0.05) is 30.2 Å². The Morgan fingerprint density at radius 3 is 2.68 bits per heavy atom. The van der Waals surface area contributed by atoms with E-state index in [0.29, 0.717) is 5.96 Å². The summed E-state index contributed by atoms with van der Waals surface area (Å²) in [5, 5.41) is -0.230. The summed E-state index contributed by atoms with van der Waals surface area (Å²) >= 11 is 7.34. The molecule has 0 radical (unpaired) electrons. The smallest absolute Gasteiger partial charge is 0.191 e. The lowest BCUT2D eigenvalue weighted by Gasteiger charge is -2.27. The van der Waals surface area contributed by atoms with Crippen LogP contribution in [0.1, 0.15) is 5.56 Å². The van der Waals surface area contributed by atoms with Gasteiger partial charge in [-0.3, -0.25) is 0 Å². The van der Waals surface area contributed by atoms with Crippen LogP contribution in [0.2, 0.25) is 5.02 Å². The van der Waals surface area contributed by atoms with E-state index in [1.807, 2.05) is 16.7 Å². The first-order valence-electron chi connectivity index (χ1n) is 5.84. The molecule has 3 nitrogen and oxygen atoms in total. The van der Waals surface area contributed by atoms with Gasteiger partial charge in [-0.05, 0) is 12.1 Å². The lowest BCUT2D eigenvalue weighted by atomic mass is 10.2. The number of halogens is 3. The van der Waals surface area contributed by atoms with E-state index >= 15 is 0 Å². The fraction of sp³-hybridized carbons (Fsp3) is 0.417. The second-order valence-corrected chi connectivity index (χ2v) is 5.76. The first-order chi connectivity index (χ1) is 9.08. The number of nitrogens with two attached hydrogens (primary N) is 1. The molecule has 0 unspecified atom stereocenters. The summed E-state index contributed by atoms with van der Waals surface area (Å²) in [5.41, 5.74) is 5.99. The van der Waals surface area contributed by atoms with Crippen LogP contribution in [0.15, 0.2) is 17.1 Å². The quantitative estimate of drug-likeness (QED) is 0.518. The molecule has 1 aliphatic heterocycles. The molecule has 0 aliphatic carbocycles. The molecule has 1 fully saturated rings. The minimum atomic E-state index is -0.652. The summed E-state index contributed by atoms with van der Waals surface area (Å²) in [7, 11) is 0. The summed E-state index contributed by atoms with van der Waals surface area (Å²) in [6.07, 6.45) is 0. The van der Waals surface area contributed by atoms with Gasteiger partial charge >= 0.3 is 0 Å². The van der Waals surface area contributed by atoms with Gasteiger partial charge in [0.25, 0.3) is 0 Å². The van der Waals surface area contributed by atoms with Gasteiger partial charge < -0.3 is 10.6 Å². The largest absolute Gasteiger partial charge is 0.370 e. The minimum absolute atomic E-state index is 0.00932. The molecule has 0 amide bonds. The Labute approximate surface area is 119 Å². The number of nitrogens with zero attached hydrogens (tertiary/aromatic N) is 2. The highest BCUT2D eigenvalue weighted by Gasteiger charge is 2.13. The molecular formula is C12H14ClF2N3S. The molecule has 2 N–H and O–H groups in total. The van der Waals surface area contributed by atoms with Gasteiger partial charge in [-0.15, -0.1) is 0 Å². The number of guanidine groups is 1. The Hall–Kier alpha value is -1.01. The maximum atomic E-state index is 13.5. The van der Waals surface area contributed by atoms with Gasteiger partial charge in [-0.1, -0.05) is 11.6 Å². The van der Waals surface area contributed by atoms with Crippen molar-refractivity contribution >= 4 is 29.3 Å². The van der Waals surface area contributed by atoms with Crippen LogP contribution in [-0.4, -0.2) is 35.5 Å². The van der Waals surface area contributed by atoms with Crippen LogP contribution in [-0.2, 0) is 6.54 Å². The molecule has 1 aromatic carbocycles. The first kappa shape index (κ1) is 14.4. The van der Waals surface area contributed by atoms with E-state index in [9.17, 15) is 8.78 Å².